The Bertz CT molecular complexity index is 612. The average Bonchev–Trinajstić information content (AvgIpc) is 2.85. The van der Waals surface area contributed by atoms with Gasteiger partial charge in [-0.15, -0.1) is 0 Å². The molecule has 1 heterocycles. The molecule has 1 atom stereocenters. The number of rotatable bonds is 4. The summed E-state index contributed by atoms with van der Waals surface area (Å²) >= 11 is 0. The molecule has 1 aromatic carbocycles. The van der Waals surface area contributed by atoms with Crippen molar-refractivity contribution >= 4 is 27.3 Å². The highest BCUT2D eigenvalue weighted by molar-refractivity contribution is 7.92. The summed E-state index contributed by atoms with van der Waals surface area (Å²) in [5.41, 5.74) is 0.171. The summed E-state index contributed by atoms with van der Waals surface area (Å²) < 4.78 is 37.8. The Morgan fingerprint density at radius 2 is 2.20 bits per heavy atom. The quantitative estimate of drug-likeness (QED) is 0.765. The molecule has 20 heavy (non-hydrogen) atoms. The number of anilines is 2. The Morgan fingerprint density at radius 3 is 2.80 bits per heavy atom. The standard InChI is InChI=1S/C12H16FN3O3S/c1-20(18,19)16-11-6-9(2-3-10(11)13)15-12(17)8-4-5-14-7-8/h2-3,6,8,14,16H,4-5,7H2,1H3,(H,15,17). The molecule has 0 radical (unpaired) electrons. The van der Waals surface area contributed by atoms with Crippen LogP contribution in [0.15, 0.2) is 18.2 Å². The number of benzene rings is 1. The topological polar surface area (TPSA) is 87.3 Å². The van der Waals surface area contributed by atoms with Crippen molar-refractivity contribution < 1.29 is 17.6 Å². The van der Waals surface area contributed by atoms with Gasteiger partial charge in [0.05, 0.1) is 17.9 Å². The van der Waals surface area contributed by atoms with E-state index in [-0.39, 0.29) is 17.5 Å². The van der Waals surface area contributed by atoms with E-state index in [0.29, 0.717) is 12.2 Å². The molecule has 110 valence electrons. The fraction of sp³-hybridized carbons (Fsp3) is 0.417. The molecule has 1 unspecified atom stereocenters. The number of halogens is 1. The van der Waals surface area contributed by atoms with Crippen LogP contribution in [0.3, 0.4) is 0 Å². The first-order chi connectivity index (χ1) is 9.35. The van der Waals surface area contributed by atoms with Crippen LogP contribution >= 0.6 is 0 Å². The number of hydrogen-bond donors (Lipinski definition) is 3. The van der Waals surface area contributed by atoms with Crippen LogP contribution in [0.2, 0.25) is 0 Å². The van der Waals surface area contributed by atoms with E-state index < -0.39 is 15.8 Å². The molecule has 0 aromatic heterocycles. The third kappa shape index (κ3) is 3.91. The van der Waals surface area contributed by atoms with Crippen molar-refractivity contribution in [3.8, 4) is 0 Å². The number of sulfonamides is 1. The molecule has 1 aliphatic heterocycles. The Morgan fingerprint density at radius 1 is 1.45 bits per heavy atom. The minimum atomic E-state index is -3.57. The first-order valence-corrected chi connectivity index (χ1v) is 8.03. The molecule has 0 saturated carbocycles. The molecule has 1 saturated heterocycles. The van der Waals surface area contributed by atoms with E-state index in [9.17, 15) is 17.6 Å². The Kier molecular flexibility index (Phi) is 4.24. The van der Waals surface area contributed by atoms with Crippen molar-refractivity contribution in [2.45, 2.75) is 6.42 Å². The maximum Gasteiger partial charge on any atom is 0.229 e. The van der Waals surface area contributed by atoms with Gasteiger partial charge in [0.1, 0.15) is 5.82 Å². The van der Waals surface area contributed by atoms with Crippen LogP contribution in [0.25, 0.3) is 0 Å². The highest BCUT2D eigenvalue weighted by atomic mass is 32.2. The van der Waals surface area contributed by atoms with Crippen LogP contribution in [0, 0.1) is 11.7 Å². The second-order valence-electron chi connectivity index (χ2n) is 4.75. The molecule has 0 bridgehead atoms. The first-order valence-electron chi connectivity index (χ1n) is 6.14. The van der Waals surface area contributed by atoms with Crippen LogP contribution in [0.5, 0.6) is 0 Å². The Balaban J connectivity index is 2.12. The maximum atomic E-state index is 13.5. The summed E-state index contributed by atoms with van der Waals surface area (Å²) in [4.78, 5) is 11.9. The lowest BCUT2D eigenvalue weighted by atomic mass is 10.1. The van der Waals surface area contributed by atoms with Gasteiger partial charge < -0.3 is 10.6 Å². The minimum absolute atomic E-state index is 0.119. The van der Waals surface area contributed by atoms with Crippen LogP contribution < -0.4 is 15.4 Å². The molecule has 0 spiro atoms. The number of carbonyl (C=O) groups is 1. The largest absolute Gasteiger partial charge is 0.326 e. The van der Waals surface area contributed by atoms with Crippen molar-refractivity contribution in [3.63, 3.8) is 0 Å². The van der Waals surface area contributed by atoms with E-state index in [2.05, 4.69) is 15.4 Å². The fourth-order valence-corrected chi connectivity index (χ4v) is 2.56. The van der Waals surface area contributed by atoms with Gasteiger partial charge in [-0.3, -0.25) is 9.52 Å². The van der Waals surface area contributed by atoms with E-state index in [1.165, 1.54) is 12.1 Å². The van der Waals surface area contributed by atoms with E-state index in [4.69, 9.17) is 0 Å². The third-order valence-electron chi connectivity index (χ3n) is 2.96. The number of hydrogen-bond acceptors (Lipinski definition) is 4. The van der Waals surface area contributed by atoms with Gasteiger partial charge in [0, 0.05) is 12.2 Å². The first kappa shape index (κ1) is 14.7. The van der Waals surface area contributed by atoms with Crippen molar-refractivity contribution in [1.29, 1.82) is 0 Å². The van der Waals surface area contributed by atoms with Gasteiger partial charge in [-0.05, 0) is 31.2 Å². The zero-order valence-electron chi connectivity index (χ0n) is 10.9. The zero-order chi connectivity index (χ0) is 14.8. The molecule has 8 heteroatoms. The average molecular weight is 301 g/mol. The van der Waals surface area contributed by atoms with E-state index in [0.717, 1.165) is 25.3 Å². The fourth-order valence-electron chi connectivity index (χ4n) is 2.00. The summed E-state index contributed by atoms with van der Waals surface area (Å²) in [6.45, 7) is 1.41. The van der Waals surface area contributed by atoms with Crippen molar-refractivity contribution in [2.75, 3.05) is 29.4 Å². The van der Waals surface area contributed by atoms with Crippen LogP contribution in [-0.2, 0) is 14.8 Å². The number of amides is 1. The smallest absolute Gasteiger partial charge is 0.229 e. The summed E-state index contributed by atoms with van der Waals surface area (Å²) in [5.74, 6) is -0.978. The Hall–Kier alpha value is -1.67. The molecular formula is C12H16FN3O3S. The van der Waals surface area contributed by atoms with Gasteiger partial charge in [0.15, 0.2) is 0 Å². The molecule has 0 aliphatic carbocycles. The maximum absolute atomic E-state index is 13.5. The van der Waals surface area contributed by atoms with E-state index in [1.807, 2.05) is 0 Å². The van der Waals surface area contributed by atoms with Crippen LogP contribution in [-0.4, -0.2) is 33.7 Å². The number of carbonyl (C=O) groups excluding carboxylic acids is 1. The lowest BCUT2D eigenvalue weighted by Gasteiger charge is -2.12. The minimum Gasteiger partial charge on any atom is -0.326 e. The summed E-state index contributed by atoms with van der Waals surface area (Å²) in [6.07, 6.45) is 1.68. The molecule has 6 nitrogen and oxygen atoms in total. The van der Waals surface area contributed by atoms with Crippen molar-refractivity contribution in [2.24, 2.45) is 5.92 Å². The van der Waals surface area contributed by atoms with Gasteiger partial charge in [0.25, 0.3) is 0 Å². The normalized spacial score (nSPS) is 18.8. The van der Waals surface area contributed by atoms with Gasteiger partial charge in [0.2, 0.25) is 15.9 Å². The third-order valence-corrected chi connectivity index (χ3v) is 3.55. The summed E-state index contributed by atoms with van der Waals surface area (Å²) in [5, 5.41) is 5.73. The lowest BCUT2D eigenvalue weighted by Crippen LogP contribution is -2.24. The van der Waals surface area contributed by atoms with Gasteiger partial charge in [-0.2, -0.15) is 0 Å². The second kappa shape index (κ2) is 5.76. The predicted molar refractivity (Wildman–Crippen MR) is 74.5 cm³/mol. The predicted octanol–water partition coefficient (Wildman–Crippen LogP) is 0.745. The molecule has 2 rings (SSSR count). The monoisotopic (exact) mass is 301 g/mol. The lowest BCUT2D eigenvalue weighted by molar-refractivity contribution is -0.119. The number of nitrogens with one attached hydrogen (secondary N) is 3. The van der Waals surface area contributed by atoms with Crippen molar-refractivity contribution in [3.05, 3.63) is 24.0 Å². The van der Waals surface area contributed by atoms with E-state index >= 15 is 0 Å². The zero-order valence-corrected chi connectivity index (χ0v) is 11.8. The highest BCUT2D eigenvalue weighted by Gasteiger charge is 2.22. The van der Waals surface area contributed by atoms with Crippen LogP contribution in [0.4, 0.5) is 15.8 Å². The summed E-state index contributed by atoms with van der Waals surface area (Å²) in [7, 11) is -3.57. The van der Waals surface area contributed by atoms with Crippen LogP contribution in [0.1, 0.15) is 6.42 Å². The molecular weight excluding hydrogens is 285 g/mol. The SMILES string of the molecule is CS(=O)(=O)Nc1cc(NC(=O)C2CCNC2)ccc1F. The van der Waals surface area contributed by atoms with Crippen molar-refractivity contribution in [1.82, 2.24) is 5.32 Å². The second-order valence-corrected chi connectivity index (χ2v) is 6.50. The molecule has 1 aliphatic rings. The molecule has 1 amide bonds. The van der Waals surface area contributed by atoms with Gasteiger partial charge >= 0.3 is 0 Å². The summed E-state index contributed by atoms with van der Waals surface area (Å²) in [6, 6.07) is 3.76. The molecule has 3 N–H and O–H groups in total. The Labute approximate surface area is 116 Å². The van der Waals surface area contributed by atoms with Gasteiger partial charge in [-0.1, -0.05) is 0 Å². The molecule has 1 fully saturated rings. The molecule has 1 aromatic rings. The highest BCUT2D eigenvalue weighted by Crippen LogP contribution is 2.21. The van der Waals surface area contributed by atoms with Gasteiger partial charge in [-0.25, -0.2) is 12.8 Å². The van der Waals surface area contributed by atoms with E-state index in [1.54, 1.807) is 0 Å².